The number of aromatic hydroxyl groups is 1. The molecule has 0 radical (unpaired) electrons. The molecule has 0 bridgehead atoms. The molecule has 2 aromatic carbocycles. The average Bonchev–Trinajstić information content (AvgIpc) is 3.03. The van der Waals surface area contributed by atoms with Gasteiger partial charge < -0.3 is 41.0 Å². The number of esters is 1. The van der Waals surface area contributed by atoms with Gasteiger partial charge >= 0.3 is 5.97 Å². The maximum absolute atomic E-state index is 14.2. The van der Waals surface area contributed by atoms with Crippen molar-refractivity contribution in [3.05, 3.63) is 63.9 Å². The number of carbonyl (C=O) groups excluding carboxylic acids is 4. The molecular weight excluding hydrogens is 634 g/mol. The molecule has 262 valence electrons. The van der Waals surface area contributed by atoms with Crippen LogP contribution in [0.4, 0.5) is 0 Å². The lowest BCUT2D eigenvalue weighted by Crippen LogP contribution is -2.65. The van der Waals surface area contributed by atoms with Crippen LogP contribution < -0.4 is 15.8 Å². The molecular formula is C36H43N3O10. The van der Waals surface area contributed by atoms with Gasteiger partial charge in [-0.05, 0) is 80.1 Å². The first-order valence-electron chi connectivity index (χ1n) is 16.1. The van der Waals surface area contributed by atoms with Crippen LogP contribution in [0, 0.1) is 17.8 Å². The van der Waals surface area contributed by atoms with E-state index in [1.54, 1.807) is 26.2 Å². The van der Waals surface area contributed by atoms with E-state index in [9.17, 15) is 39.6 Å². The van der Waals surface area contributed by atoms with Crippen molar-refractivity contribution in [1.82, 2.24) is 10.2 Å². The third-order valence-corrected chi connectivity index (χ3v) is 9.90. The second-order valence-electron chi connectivity index (χ2n) is 13.6. The van der Waals surface area contributed by atoms with Crippen molar-refractivity contribution >= 4 is 29.2 Å². The highest BCUT2D eigenvalue weighted by Crippen LogP contribution is 2.54. The largest absolute Gasteiger partial charge is 0.508 e. The van der Waals surface area contributed by atoms with E-state index < -0.39 is 64.1 Å². The molecule has 5 atom stereocenters. The molecule has 0 spiro atoms. The Morgan fingerprint density at radius 2 is 1.78 bits per heavy atom. The van der Waals surface area contributed by atoms with Gasteiger partial charge in [0.25, 0.3) is 5.91 Å². The Hall–Kier alpha value is -4.72. The summed E-state index contributed by atoms with van der Waals surface area (Å²) < 4.78 is 10.7. The SMILES string of the molecule is COC(=O)C(CC(C)C)NCc1ccc(OC)c(-c2ccc(O)c3c2CC2CC4C(N(C)C)C(=O)C(C(N)=O)=C(O)C4(O)C(=O)C2=C3O)c1. The standard InChI is InChI=1S/C36H43N3O10/c1-16(2)11-23(35(46)49-6)38-15-17-7-10-25(48-5)20(12-17)19-8-9-24(40)27-21(19)13-18-14-22-29(39(3)4)31(42)28(34(37)45)33(44)36(22,47)32(43)26(18)30(27)41/h7-10,12,16,18,22-23,29,38,40-41,44,47H,11,13-15H2,1-6H3,(H2,37,45). The first kappa shape index (κ1) is 35.6. The Bertz CT molecular complexity index is 1790. The third kappa shape index (κ3) is 5.85. The van der Waals surface area contributed by atoms with Gasteiger partial charge in [0.15, 0.2) is 11.4 Å². The van der Waals surface area contributed by atoms with E-state index in [-0.39, 0.29) is 41.6 Å². The van der Waals surface area contributed by atoms with Crippen molar-refractivity contribution in [2.75, 3.05) is 28.3 Å². The fourth-order valence-electron chi connectivity index (χ4n) is 7.69. The van der Waals surface area contributed by atoms with Crippen LogP contribution >= 0.6 is 0 Å². The van der Waals surface area contributed by atoms with Gasteiger partial charge in [0.05, 0.1) is 25.8 Å². The summed E-state index contributed by atoms with van der Waals surface area (Å²) in [6, 6.07) is 6.85. The first-order chi connectivity index (χ1) is 23.1. The maximum atomic E-state index is 14.2. The molecule has 3 aliphatic carbocycles. The Morgan fingerprint density at radius 1 is 1.08 bits per heavy atom. The number of benzene rings is 2. The molecule has 3 aliphatic rings. The number of nitrogens with zero attached hydrogens (tertiary/aromatic N) is 1. The summed E-state index contributed by atoms with van der Waals surface area (Å²) in [7, 11) is 5.95. The molecule has 13 nitrogen and oxygen atoms in total. The van der Waals surface area contributed by atoms with Crippen LogP contribution in [0.1, 0.15) is 43.4 Å². The quantitative estimate of drug-likeness (QED) is 0.158. The number of aliphatic hydroxyl groups is 3. The lowest BCUT2D eigenvalue weighted by atomic mass is 9.57. The lowest BCUT2D eigenvalue weighted by Gasteiger charge is -2.50. The van der Waals surface area contributed by atoms with Crippen LogP contribution in [0.5, 0.6) is 11.5 Å². The molecule has 0 heterocycles. The number of methoxy groups -OCH3 is 2. The third-order valence-electron chi connectivity index (χ3n) is 9.90. The Kier molecular flexibility index (Phi) is 9.66. The van der Waals surface area contributed by atoms with Gasteiger partial charge in [-0.3, -0.25) is 24.1 Å². The fourth-order valence-corrected chi connectivity index (χ4v) is 7.69. The number of ketones is 2. The number of primary amides is 1. The molecule has 5 unspecified atom stereocenters. The smallest absolute Gasteiger partial charge is 0.322 e. The molecule has 0 aromatic heterocycles. The monoisotopic (exact) mass is 677 g/mol. The van der Waals surface area contributed by atoms with Gasteiger partial charge in [-0.1, -0.05) is 26.0 Å². The minimum atomic E-state index is -2.72. The number of amides is 1. The van der Waals surface area contributed by atoms with E-state index in [1.165, 1.54) is 25.2 Å². The molecule has 1 saturated carbocycles. The number of likely N-dealkylation sites (N-methyl/N-ethyl adjacent to an activating group) is 1. The normalized spacial score (nSPS) is 24.1. The van der Waals surface area contributed by atoms with E-state index in [4.69, 9.17) is 15.2 Å². The van der Waals surface area contributed by atoms with Gasteiger partial charge in [-0.25, -0.2) is 0 Å². The molecule has 49 heavy (non-hydrogen) atoms. The Morgan fingerprint density at radius 3 is 2.37 bits per heavy atom. The average molecular weight is 678 g/mol. The maximum Gasteiger partial charge on any atom is 0.322 e. The molecule has 1 fully saturated rings. The summed E-state index contributed by atoms with van der Waals surface area (Å²) in [6.07, 6.45) is 0.651. The van der Waals surface area contributed by atoms with Crippen molar-refractivity contribution in [2.24, 2.45) is 23.5 Å². The first-order valence-corrected chi connectivity index (χ1v) is 16.1. The number of nitrogens with two attached hydrogens (primary N) is 1. The van der Waals surface area contributed by atoms with Crippen LogP contribution in [-0.4, -0.2) is 94.8 Å². The van der Waals surface area contributed by atoms with Crippen molar-refractivity contribution in [2.45, 2.75) is 57.3 Å². The highest BCUT2D eigenvalue weighted by Gasteiger charge is 2.64. The van der Waals surface area contributed by atoms with E-state index in [2.05, 4.69) is 5.32 Å². The number of nitrogens with one attached hydrogen (secondary N) is 1. The predicted molar refractivity (Wildman–Crippen MR) is 178 cm³/mol. The number of phenolic OH excluding ortho intramolecular Hbond substituents is 1. The second-order valence-corrected chi connectivity index (χ2v) is 13.6. The van der Waals surface area contributed by atoms with Crippen molar-refractivity contribution in [3.8, 4) is 22.6 Å². The minimum absolute atomic E-state index is 0.0259. The molecule has 1 amide bonds. The fraction of sp³-hybridized carbons (Fsp3) is 0.444. The predicted octanol–water partition coefficient (Wildman–Crippen LogP) is 2.32. The summed E-state index contributed by atoms with van der Waals surface area (Å²) in [5.74, 6) is -6.80. The molecule has 5 rings (SSSR count). The van der Waals surface area contributed by atoms with E-state index in [0.29, 0.717) is 35.4 Å². The van der Waals surface area contributed by atoms with Crippen molar-refractivity contribution in [1.29, 1.82) is 0 Å². The molecule has 2 aromatic rings. The number of hydrogen-bond donors (Lipinski definition) is 6. The van der Waals surface area contributed by atoms with Crippen LogP contribution in [0.15, 0.2) is 47.2 Å². The van der Waals surface area contributed by atoms with Crippen LogP contribution in [-0.2, 0) is 36.9 Å². The molecule has 0 saturated heterocycles. The Balaban J connectivity index is 1.62. The second kappa shape index (κ2) is 13.3. The zero-order chi connectivity index (χ0) is 36.1. The van der Waals surface area contributed by atoms with Gasteiger partial charge in [0.2, 0.25) is 5.78 Å². The van der Waals surface area contributed by atoms with Crippen LogP contribution in [0.2, 0.25) is 0 Å². The van der Waals surface area contributed by atoms with Crippen molar-refractivity contribution < 1.29 is 49.1 Å². The van der Waals surface area contributed by atoms with Gasteiger partial charge in [0.1, 0.15) is 34.6 Å². The summed E-state index contributed by atoms with van der Waals surface area (Å²) in [6.45, 7) is 4.34. The summed E-state index contributed by atoms with van der Waals surface area (Å²) in [5, 5.41) is 48.9. The van der Waals surface area contributed by atoms with Crippen LogP contribution in [0.3, 0.4) is 0 Å². The number of Topliss-reactive ketones (excluding diaryl/α,β-unsaturated/α-hetero) is 2. The molecule has 13 heteroatoms. The number of fused-ring (bicyclic) bond motifs is 3. The zero-order valence-corrected chi connectivity index (χ0v) is 28.4. The Labute approximate surface area is 284 Å². The number of hydrogen-bond acceptors (Lipinski definition) is 12. The molecule has 0 aliphatic heterocycles. The topological polar surface area (TPSA) is 209 Å². The zero-order valence-electron chi connectivity index (χ0n) is 28.4. The summed E-state index contributed by atoms with van der Waals surface area (Å²) in [5.41, 5.74) is 4.10. The number of aliphatic hydroxyl groups excluding tert-OH is 2. The number of rotatable bonds is 10. The number of carbonyl (C=O) groups is 4. The van der Waals surface area contributed by atoms with Gasteiger partial charge in [0, 0.05) is 23.6 Å². The summed E-state index contributed by atoms with van der Waals surface area (Å²) >= 11 is 0. The van der Waals surface area contributed by atoms with E-state index in [0.717, 1.165) is 5.56 Å². The van der Waals surface area contributed by atoms with E-state index >= 15 is 0 Å². The number of ether oxygens (including phenoxy) is 2. The van der Waals surface area contributed by atoms with E-state index in [1.807, 2.05) is 26.0 Å². The molecule has 7 N–H and O–H groups in total. The number of phenols is 1. The highest BCUT2D eigenvalue weighted by atomic mass is 16.5. The van der Waals surface area contributed by atoms with Crippen molar-refractivity contribution in [3.63, 3.8) is 0 Å². The summed E-state index contributed by atoms with van der Waals surface area (Å²) in [4.78, 5) is 53.7. The van der Waals surface area contributed by atoms with Crippen LogP contribution in [0.25, 0.3) is 16.9 Å². The lowest BCUT2D eigenvalue weighted by molar-refractivity contribution is -0.153. The minimum Gasteiger partial charge on any atom is -0.508 e. The van der Waals surface area contributed by atoms with Gasteiger partial charge in [-0.15, -0.1) is 0 Å². The van der Waals surface area contributed by atoms with Gasteiger partial charge in [-0.2, -0.15) is 0 Å². The highest BCUT2D eigenvalue weighted by molar-refractivity contribution is 6.24.